The summed E-state index contributed by atoms with van der Waals surface area (Å²) in [6, 6.07) is 3.11. The van der Waals surface area contributed by atoms with Gasteiger partial charge in [-0.2, -0.15) is 0 Å². The first-order chi connectivity index (χ1) is 8.11. The van der Waals surface area contributed by atoms with Crippen LogP contribution in [0.3, 0.4) is 0 Å². The smallest absolute Gasteiger partial charge is 0.258 e. The Hall–Kier alpha value is -2.02. The van der Waals surface area contributed by atoms with Crippen molar-refractivity contribution in [2.24, 2.45) is 0 Å². The zero-order valence-corrected chi connectivity index (χ0v) is 9.13. The lowest BCUT2D eigenvalue weighted by molar-refractivity contribution is -0.384. The molecule has 0 unspecified atom stereocenters. The van der Waals surface area contributed by atoms with Gasteiger partial charge in [-0.15, -0.1) is 16.7 Å². The Morgan fingerprint density at radius 3 is 2.88 bits per heavy atom. The summed E-state index contributed by atoms with van der Waals surface area (Å²) in [7, 11) is 0. The van der Waals surface area contributed by atoms with Crippen LogP contribution in [0.5, 0.6) is 0 Å². The molecule has 2 rings (SSSR count). The van der Waals surface area contributed by atoms with Crippen LogP contribution < -0.4 is 0 Å². The second kappa shape index (κ2) is 4.46. The zero-order valence-electron chi connectivity index (χ0n) is 8.38. The monoisotopic (exact) mass is 256 g/mol. The molecule has 0 fully saturated rings. The fourth-order valence-electron chi connectivity index (χ4n) is 1.31. The average Bonchev–Trinajstić information content (AvgIpc) is 2.76. The van der Waals surface area contributed by atoms with Crippen LogP contribution >= 0.6 is 11.6 Å². The first-order valence-corrected chi connectivity index (χ1v) is 5.07. The molecule has 1 heterocycles. The van der Waals surface area contributed by atoms with E-state index >= 15 is 0 Å². The molecule has 0 bridgehead atoms. The second-order valence-corrected chi connectivity index (χ2v) is 3.45. The number of benzene rings is 1. The van der Waals surface area contributed by atoms with Crippen LogP contribution in [0, 0.1) is 15.9 Å². The lowest BCUT2D eigenvalue weighted by Gasteiger charge is -2.01. The van der Waals surface area contributed by atoms with Crippen molar-refractivity contribution in [2.75, 3.05) is 0 Å². The summed E-state index contributed by atoms with van der Waals surface area (Å²) >= 11 is 5.54. The number of hydrogen-bond acceptors (Lipinski definition) is 4. The molecule has 0 atom stereocenters. The van der Waals surface area contributed by atoms with E-state index in [0.29, 0.717) is 5.69 Å². The molecule has 0 spiro atoms. The Morgan fingerprint density at radius 1 is 1.53 bits per heavy atom. The summed E-state index contributed by atoms with van der Waals surface area (Å²) in [5.41, 5.74) is 0.210. The molecule has 0 N–H and O–H groups in total. The fourth-order valence-corrected chi connectivity index (χ4v) is 1.43. The van der Waals surface area contributed by atoms with Crippen molar-refractivity contribution in [2.45, 2.75) is 5.88 Å². The van der Waals surface area contributed by atoms with Gasteiger partial charge in [0.05, 0.1) is 22.7 Å². The van der Waals surface area contributed by atoms with Gasteiger partial charge >= 0.3 is 0 Å². The van der Waals surface area contributed by atoms with Crippen molar-refractivity contribution >= 4 is 17.3 Å². The summed E-state index contributed by atoms with van der Waals surface area (Å²) in [5.74, 6) is -0.461. The van der Waals surface area contributed by atoms with Crippen molar-refractivity contribution < 1.29 is 9.31 Å². The third-order valence-electron chi connectivity index (χ3n) is 2.06. The minimum Gasteiger partial charge on any atom is -0.258 e. The van der Waals surface area contributed by atoms with Gasteiger partial charge in [0.1, 0.15) is 11.5 Å². The molecule has 6 nitrogen and oxygen atoms in total. The van der Waals surface area contributed by atoms with Crippen molar-refractivity contribution in [3.63, 3.8) is 0 Å². The number of nitro benzene ring substituents is 1. The third-order valence-corrected chi connectivity index (χ3v) is 2.33. The van der Waals surface area contributed by atoms with Crippen LogP contribution in [-0.4, -0.2) is 19.9 Å². The quantitative estimate of drug-likeness (QED) is 0.479. The number of nitrogens with zero attached hydrogens (tertiary/aromatic N) is 4. The van der Waals surface area contributed by atoms with Gasteiger partial charge in [-0.1, -0.05) is 5.21 Å². The molecule has 0 aliphatic rings. The topological polar surface area (TPSA) is 73.8 Å². The van der Waals surface area contributed by atoms with E-state index in [4.69, 9.17) is 11.6 Å². The van der Waals surface area contributed by atoms with E-state index in [1.807, 2.05) is 0 Å². The number of aromatic nitrogens is 3. The molecule has 2 aromatic rings. The van der Waals surface area contributed by atoms with Gasteiger partial charge in [0.25, 0.3) is 5.69 Å². The summed E-state index contributed by atoms with van der Waals surface area (Å²) < 4.78 is 14.2. The van der Waals surface area contributed by atoms with Gasteiger partial charge in [-0.3, -0.25) is 10.1 Å². The summed E-state index contributed by atoms with van der Waals surface area (Å²) in [5, 5.41) is 18.1. The molecule has 0 amide bonds. The third kappa shape index (κ3) is 2.23. The average molecular weight is 257 g/mol. The largest absolute Gasteiger partial charge is 0.295 e. The summed E-state index contributed by atoms with van der Waals surface area (Å²) in [6.07, 6.45) is 1.41. The summed E-state index contributed by atoms with van der Waals surface area (Å²) in [4.78, 5) is 10.2. The highest BCUT2D eigenvalue weighted by Gasteiger charge is 2.17. The minimum absolute atomic E-state index is 0.0128. The van der Waals surface area contributed by atoms with E-state index in [0.717, 1.165) is 22.9 Å². The molecule has 0 saturated heterocycles. The Labute approximate surface area is 99.8 Å². The minimum atomic E-state index is -0.614. The van der Waals surface area contributed by atoms with Gasteiger partial charge in [0.15, 0.2) is 0 Å². The first kappa shape index (κ1) is 11.5. The maximum atomic E-state index is 13.1. The van der Waals surface area contributed by atoms with Crippen LogP contribution in [0.25, 0.3) is 5.69 Å². The predicted octanol–water partition coefficient (Wildman–Crippen LogP) is 2.05. The molecule has 88 valence electrons. The molecular formula is C9H6ClFN4O2. The van der Waals surface area contributed by atoms with Crippen LogP contribution in [0.2, 0.25) is 0 Å². The Morgan fingerprint density at radius 2 is 2.29 bits per heavy atom. The normalized spacial score (nSPS) is 10.5. The van der Waals surface area contributed by atoms with Crippen molar-refractivity contribution in [1.29, 1.82) is 0 Å². The molecule has 1 aromatic carbocycles. The van der Waals surface area contributed by atoms with Gasteiger partial charge in [0.2, 0.25) is 0 Å². The molecular weight excluding hydrogens is 251 g/mol. The SMILES string of the molecule is O=[N+]([O-])c1ccc(F)cc1-n1cc(CCl)nn1. The van der Waals surface area contributed by atoms with Gasteiger partial charge < -0.3 is 0 Å². The maximum Gasteiger partial charge on any atom is 0.295 e. The molecule has 0 aliphatic heterocycles. The van der Waals surface area contributed by atoms with E-state index in [9.17, 15) is 14.5 Å². The predicted molar refractivity (Wildman–Crippen MR) is 57.5 cm³/mol. The molecule has 0 radical (unpaired) electrons. The van der Waals surface area contributed by atoms with E-state index in [-0.39, 0.29) is 17.3 Å². The van der Waals surface area contributed by atoms with Crippen molar-refractivity contribution in [1.82, 2.24) is 15.0 Å². The maximum absolute atomic E-state index is 13.1. The van der Waals surface area contributed by atoms with E-state index in [1.54, 1.807) is 0 Å². The van der Waals surface area contributed by atoms with Crippen LogP contribution in [0.4, 0.5) is 10.1 Å². The zero-order chi connectivity index (χ0) is 12.4. The molecule has 17 heavy (non-hydrogen) atoms. The Balaban J connectivity index is 2.56. The number of nitro groups is 1. The van der Waals surface area contributed by atoms with Gasteiger partial charge in [-0.25, -0.2) is 9.07 Å². The van der Waals surface area contributed by atoms with Crippen LogP contribution in [-0.2, 0) is 5.88 Å². The lowest BCUT2D eigenvalue weighted by atomic mass is 10.2. The van der Waals surface area contributed by atoms with E-state index in [2.05, 4.69) is 10.3 Å². The summed E-state index contributed by atoms with van der Waals surface area (Å²) in [6.45, 7) is 0. The Bertz CT molecular complexity index is 572. The molecule has 8 heteroatoms. The number of rotatable bonds is 3. The highest BCUT2D eigenvalue weighted by Crippen LogP contribution is 2.23. The van der Waals surface area contributed by atoms with Crippen LogP contribution in [0.1, 0.15) is 5.69 Å². The van der Waals surface area contributed by atoms with E-state index in [1.165, 1.54) is 6.20 Å². The number of halogens is 2. The van der Waals surface area contributed by atoms with E-state index < -0.39 is 10.7 Å². The Kier molecular flexibility index (Phi) is 3.01. The fraction of sp³-hybridized carbons (Fsp3) is 0.111. The number of hydrogen-bond donors (Lipinski definition) is 0. The van der Waals surface area contributed by atoms with Gasteiger partial charge in [0, 0.05) is 12.1 Å². The van der Waals surface area contributed by atoms with Crippen molar-refractivity contribution in [3.05, 3.63) is 46.0 Å². The lowest BCUT2D eigenvalue weighted by Crippen LogP contribution is -2.01. The second-order valence-electron chi connectivity index (χ2n) is 3.18. The van der Waals surface area contributed by atoms with Crippen LogP contribution in [0.15, 0.2) is 24.4 Å². The van der Waals surface area contributed by atoms with Crippen molar-refractivity contribution in [3.8, 4) is 5.69 Å². The molecule has 0 saturated carbocycles. The highest BCUT2D eigenvalue weighted by molar-refractivity contribution is 6.16. The first-order valence-electron chi connectivity index (χ1n) is 4.53. The standard InChI is InChI=1S/C9H6ClFN4O2/c10-4-7-5-14(13-12-7)9-3-6(11)1-2-8(9)15(16)17/h1-3,5H,4H2. The highest BCUT2D eigenvalue weighted by atomic mass is 35.5. The van der Waals surface area contributed by atoms with Gasteiger partial charge in [-0.05, 0) is 6.07 Å². The molecule has 1 aromatic heterocycles. The number of alkyl halides is 1. The molecule has 0 aliphatic carbocycles.